The van der Waals surface area contributed by atoms with E-state index in [0.717, 1.165) is 22.4 Å². The van der Waals surface area contributed by atoms with Crippen LogP contribution in [0.5, 0.6) is 0 Å². The summed E-state index contributed by atoms with van der Waals surface area (Å²) in [6, 6.07) is 24.4. The highest BCUT2D eigenvalue weighted by molar-refractivity contribution is 5.79. The van der Waals surface area contributed by atoms with Crippen molar-refractivity contribution < 1.29 is 4.79 Å². The van der Waals surface area contributed by atoms with Gasteiger partial charge in [0.15, 0.2) is 0 Å². The van der Waals surface area contributed by atoms with E-state index in [4.69, 9.17) is 0 Å². The van der Waals surface area contributed by atoms with Crippen LogP contribution in [-0.2, 0) is 11.2 Å². The fourth-order valence-electron chi connectivity index (χ4n) is 3.52. The topological polar surface area (TPSA) is 75.9 Å². The van der Waals surface area contributed by atoms with Crippen LogP contribution in [0, 0.1) is 0 Å². The van der Waals surface area contributed by atoms with Gasteiger partial charge in [0.1, 0.15) is 6.33 Å². The Kier molecular flexibility index (Phi) is 6.26. The molecular formula is C25H26N6O. The van der Waals surface area contributed by atoms with Gasteiger partial charge in [-0.3, -0.25) is 4.79 Å². The zero-order chi connectivity index (χ0) is 22.5. The number of tetrazole rings is 1. The minimum Gasteiger partial charge on any atom is -0.378 e. The molecule has 7 nitrogen and oxygen atoms in total. The Morgan fingerprint density at radius 1 is 0.938 bits per heavy atom. The molecule has 1 amide bonds. The second-order valence-corrected chi connectivity index (χ2v) is 7.95. The first-order chi connectivity index (χ1) is 15.5. The van der Waals surface area contributed by atoms with E-state index in [1.54, 1.807) is 4.68 Å². The van der Waals surface area contributed by atoms with Gasteiger partial charge in [-0.1, -0.05) is 48.5 Å². The van der Waals surface area contributed by atoms with E-state index in [2.05, 4.69) is 74.3 Å². The summed E-state index contributed by atoms with van der Waals surface area (Å²) in [5, 5.41) is 14.2. The predicted octanol–water partition coefficient (Wildman–Crippen LogP) is 3.82. The van der Waals surface area contributed by atoms with E-state index < -0.39 is 0 Å². The van der Waals surface area contributed by atoms with Gasteiger partial charge in [0, 0.05) is 19.8 Å². The van der Waals surface area contributed by atoms with E-state index in [1.807, 2.05) is 45.3 Å². The average Bonchev–Trinajstić information content (AvgIpc) is 3.35. The second-order valence-electron chi connectivity index (χ2n) is 7.95. The lowest BCUT2D eigenvalue weighted by atomic mass is 10.0. The van der Waals surface area contributed by atoms with Gasteiger partial charge in [0.25, 0.3) is 0 Å². The number of carbonyl (C=O) groups excluding carboxylic acids is 1. The first-order valence-electron chi connectivity index (χ1n) is 10.5. The number of nitrogens with zero attached hydrogens (tertiary/aromatic N) is 5. The fraction of sp³-hybridized carbons (Fsp3) is 0.200. The highest BCUT2D eigenvalue weighted by Gasteiger charge is 2.11. The van der Waals surface area contributed by atoms with Gasteiger partial charge in [0.2, 0.25) is 5.91 Å². The fourth-order valence-corrected chi connectivity index (χ4v) is 3.52. The molecule has 4 aromatic rings. The molecule has 0 aliphatic rings. The van der Waals surface area contributed by atoms with E-state index in [-0.39, 0.29) is 11.9 Å². The first-order valence-corrected chi connectivity index (χ1v) is 10.5. The largest absolute Gasteiger partial charge is 0.378 e. The third-order valence-electron chi connectivity index (χ3n) is 5.42. The van der Waals surface area contributed by atoms with E-state index >= 15 is 0 Å². The number of benzene rings is 3. The lowest BCUT2D eigenvalue weighted by Crippen LogP contribution is -2.28. The molecule has 0 bridgehead atoms. The van der Waals surface area contributed by atoms with Crippen molar-refractivity contribution in [3.63, 3.8) is 0 Å². The third-order valence-corrected chi connectivity index (χ3v) is 5.42. The molecule has 1 aromatic heterocycles. The van der Waals surface area contributed by atoms with Crippen LogP contribution in [0.4, 0.5) is 5.69 Å². The molecule has 0 aliphatic carbocycles. The van der Waals surface area contributed by atoms with Crippen molar-refractivity contribution in [1.29, 1.82) is 0 Å². The van der Waals surface area contributed by atoms with Gasteiger partial charge in [0.05, 0.1) is 18.2 Å². The standard InChI is InChI=1S/C25H26N6O/c1-18(20-6-8-21(9-7-20)22-10-14-23(15-11-22)30(2)3)27-25(32)16-19-4-12-24(13-5-19)31-17-26-28-29-31/h4-15,17-18H,16H2,1-3H3,(H,27,32). The highest BCUT2D eigenvalue weighted by Crippen LogP contribution is 2.24. The lowest BCUT2D eigenvalue weighted by molar-refractivity contribution is -0.121. The Balaban J connectivity index is 1.35. The van der Waals surface area contributed by atoms with Crippen LogP contribution in [0.25, 0.3) is 16.8 Å². The van der Waals surface area contributed by atoms with Crippen LogP contribution in [0.2, 0.25) is 0 Å². The molecule has 0 aliphatic heterocycles. The van der Waals surface area contributed by atoms with Gasteiger partial charge in [-0.05, 0) is 63.9 Å². The van der Waals surface area contributed by atoms with E-state index in [9.17, 15) is 4.79 Å². The number of anilines is 1. The lowest BCUT2D eigenvalue weighted by Gasteiger charge is -2.16. The smallest absolute Gasteiger partial charge is 0.224 e. The normalized spacial score (nSPS) is 11.7. The van der Waals surface area contributed by atoms with Crippen LogP contribution in [-0.4, -0.2) is 40.2 Å². The monoisotopic (exact) mass is 426 g/mol. The average molecular weight is 427 g/mol. The van der Waals surface area contributed by atoms with Crippen molar-refractivity contribution in [3.05, 3.63) is 90.3 Å². The molecule has 162 valence electrons. The van der Waals surface area contributed by atoms with Gasteiger partial charge in [-0.2, -0.15) is 0 Å². The molecule has 1 heterocycles. The zero-order valence-electron chi connectivity index (χ0n) is 18.4. The van der Waals surface area contributed by atoms with Crippen molar-refractivity contribution in [2.75, 3.05) is 19.0 Å². The highest BCUT2D eigenvalue weighted by atomic mass is 16.1. The Bertz CT molecular complexity index is 1150. The number of hydrogen-bond donors (Lipinski definition) is 1. The molecule has 0 spiro atoms. The van der Waals surface area contributed by atoms with Crippen molar-refractivity contribution in [2.24, 2.45) is 0 Å². The minimum absolute atomic E-state index is 0.0176. The maximum absolute atomic E-state index is 12.5. The van der Waals surface area contributed by atoms with Crippen molar-refractivity contribution >= 4 is 11.6 Å². The summed E-state index contributed by atoms with van der Waals surface area (Å²) >= 11 is 0. The summed E-state index contributed by atoms with van der Waals surface area (Å²) in [5.74, 6) is -0.0176. The quantitative estimate of drug-likeness (QED) is 0.486. The van der Waals surface area contributed by atoms with Crippen LogP contribution in [0.15, 0.2) is 79.1 Å². The van der Waals surface area contributed by atoms with Crippen LogP contribution in [0.1, 0.15) is 24.1 Å². The first kappa shape index (κ1) is 21.2. The summed E-state index contributed by atoms with van der Waals surface area (Å²) in [6.45, 7) is 2.00. The minimum atomic E-state index is -0.0758. The third kappa shape index (κ3) is 5.00. The van der Waals surface area contributed by atoms with Crippen molar-refractivity contribution in [2.45, 2.75) is 19.4 Å². The summed E-state index contributed by atoms with van der Waals surface area (Å²) in [7, 11) is 4.07. The Hall–Kier alpha value is -4.00. The number of amides is 1. The molecule has 0 fully saturated rings. The Morgan fingerprint density at radius 3 is 2.12 bits per heavy atom. The molecule has 4 rings (SSSR count). The molecule has 0 saturated carbocycles. The van der Waals surface area contributed by atoms with E-state index in [0.29, 0.717) is 6.42 Å². The van der Waals surface area contributed by atoms with Gasteiger partial charge in [-0.15, -0.1) is 5.10 Å². The summed E-state index contributed by atoms with van der Waals surface area (Å²) < 4.78 is 1.58. The second kappa shape index (κ2) is 9.43. The number of aromatic nitrogens is 4. The van der Waals surface area contributed by atoms with Gasteiger partial charge in [-0.25, -0.2) is 4.68 Å². The molecule has 0 radical (unpaired) electrons. The molecule has 7 heteroatoms. The molecule has 32 heavy (non-hydrogen) atoms. The summed E-state index contributed by atoms with van der Waals surface area (Å²) in [5.41, 5.74) is 6.35. The maximum Gasteiger partial charge on any atom is 0.224 e. The van der Waals surface area contributed by atoms with Gasteiger partial charge < -0.3 is 10.2 Å². The van der Waals surface area contributed by atoms with Crippen LogP contribution in [0.3, 0.4) is 0 Å². The molecule has 0 saturated heterocycles. The number of nitrogens with one attached hydrogen (secondary N) is 1. The Morgan fingerprint density at radius 2 is 1.56 bits per heavy atom. The molecule has 1 N–H and O–H groups in total. The SMILES string of the molecule is CC(NC(=O)Cc1ccc(-n2cnnn2)cc1)c1ccc(-c2ccc(N(C)C)cc2)cc1. The summed E-state index contributed by atoms with van der Waals surface area (Å²) in [6.07, 6.45) is 1.85. The number of carbonyl (C=O) groups is 1. The molecular weight excluding hydrogens is 400 g/mol. The van der Waals surface area contributed by atoms with Gasteiger partial charge >= 0.3 is 0 Å². The number of hydrogen-bond acceptors (Lipinski definition) is 5. The zero-order valence-corrected chi connectivity index (χ0v) is 18.4. The van der Waals surface area contributed by atoms with Crippen molar-refractivity contribution in [3.8, 4) is 16.8 Å². The molecule has 1 atom stereocenters. The molecule has 3 aromatic carbocycles. The Labute approximate surface area is 187 Å². The van der Waals surface area contributed by atoms with E-state index in [1.165, 1.54) is 17.6 Å². The van der Waals surface area contributed by atoms with Crippen LogP contribution < -0.4 is 10.2 Å². The number of rotatable bonds is 7. The molecule has 1 unspecified atom stereocenters. The van der Waals surface area contributed by atoms with Crippen LogP contribution >= 0.6 is 0 Å². The summed E-state index contributed by atoms with van der Waals surface area (Å²) in [4.78, 5) is 14.6. The van der Waals surface area contributed by atoms with Crippen molar-refractivity contribution in [1.82, 2.24) is 25.5 Å². The maximum atomic E-state index is 12.5. The predicted molar refractivity (Wildman–Crippen MR) is 126 cm³/mol.